The van der Waals surface area contributed by atoms with Gasteiger partial charge in [0.1, 0.15) is 5.84 Å². The van der Waals surface area contributed by atoms with Crippen LogP contribution in [-0.4, -0.2) is 16.6 Å². The molecule has 1 aromatic rings. The molecule has 1 heterocycles. The normalized spacial score (nSPS) is 11.1. The predicted molar refractivity (Wildman–Crippen MR) is 66.9 cm³/mol. The number of hydrogen-bond donors (Lipinski definition) is 1. The molecule has 0 fully saturated rings. The van der Waals surface area contributed by atoms with Gasteiger partial charge in [0, 0.05) is 18.4 Å². The molecule has 1 rings (SSSR count). The van der Waals surface area contributed by atoms with E-state index in [4.69, 9.17) is 11.0 Å². The topological polar surface area (TPSA) is 75.1 Å². The summed E-state index contributed by atoms with van der Waals surface area (Å²) in [7, 11) is 0. The third kappa shape index (κ3) is 5.37. The molecule has 0 amide bonds. The number of nitriles is 1. The highest BCUT2D eigenvalue weighted by atomic mass is 32.2. The van der Waals surface area contributed by atoms with Crippen molar-refractivity contribution in [1.82, 2.24) is 4.98 Å². The summed E-state index contributed by atoms with van der Waals surface area (Å²) in [5.74, 6) is 2.33. The fraction of sp³-hybridized carbons (Fsp3) is 0.364. The van der Waals surface area contributed by atoms with Crippen molar-refractivity contribution >= 4 is 17.6 Å². The molecule has 1 aromatic heterocycles. The number of pyridine rings is 1. The van der Waals surface area contributed by atoms with Gasteiger partial charge >= 0.3 is 0 Å². The first kappa shape index (κ1) is 12.5. The van der Waals surface area contributed by atoms with Gasteiger partial charge in [0.15, 0.2) is 0 Å². The molecular weight excluding hydrogens is 220 g/mol. The number of aromatic nitrogens is 1. The van der Waals surface area contributed by atoms with Crippen LogP contribution in [0.25, 0.3) is 0 Å². The monoisotopic (exact) mass is 234 g/mol. The maximum Gasteiger partial charge on any atom is 0.207 e. The van der Waals surface area contributed by atoms with E-state index < -0.39 is 0 Å². The summed E-state index contributed by atoms with van der Waals surface area (Å²) in [6.45, 7) is 0. The number of nitrogens with two attached hydrogens (primary N) is 1. The molecule has 0 spiro atoms. The summed E-state index contributed by atoms with van der Waals surface area (Å²) in [6.07, 6.45) is 5.10. The van der Waals surface area contributed by atoms with Gasteiger partial charge in [-0.15, -0.1) is 0 Å². The largest absolute Gasteiger partial charge is 0.386 e. The number of aliphatic imine (C=N–C) groups is 1. The van der Waals surface area contributed by atoms with Gasteiger partial charge in [-0.05, 0) is 24.3 Å². The average molecular weight is 234 g/mol. The van der Waals surface area contributed by atoms with E-state index in [1.165, 1.54) is 0 Å². The van der Waals surface area contributed by atoms with Gasteiger partial charge in [0.2, 0.25) is 6.19 Å². The molecule has 16 heavy (non-hydrogen) atoms. The molecule has 0 aliphatic carbocycles. The van der Waals surface area contributed by atoms with Crippen LogP contribution in [-0.2, 0) is 5.75 Å². The second kappa shape index (κ2) is 7.71. The van der Waals surface area contributed by atoms with Crippen molar-refractivity contribution in [1.29, 1.82) is 5.26 Å². The molecule has 0 saturated heterocycles. The minimum atomic E-state index is 0.418. The summed E-state index contributed by atoms with van der Waals surface area (Å²) in [5, 5.41) is 8.26. The van der Waals surface area contributed by atoms with Gasteiger partial charge in [-0.25, -0.2) is 0 Å². The Hall–Kier alpha value is -1.54. The Bertz CT molecular complexity index is 369. The van der Waals surface area contributed by atoms with Crippen LogP contribution in [0, 0.1) is 11.5 Å². The molecule has 5 heteroatoms. The second-order valence-electron chi connectivity index (χ2n) is 3.18. The number of thioether (sulfide) groups is 1. The van der Waals surface area contributed by atoms with E-state index in [-0.39, 0.29) is 0 Å². The standard InChI is InChI=1S/C11H14N4S/c12-9-15-11(13)5-3-7-16-8-10-4-1-2-6-14-10/h1-2,4,6H,3,5,7-8H2,(H2,13,15). The van der Waals surface area contributed by atoms with Crippen molar-refractivity contribution in [2.75, 3.05) is 5.75 Å². The van der Waals surface area contributed by atoms with E-state index in [0.717, 1.165) is 23.6 Å². The third-order valence-corrected chi connectivity index (χ3v) is 2.97. The van der Waals surface area contributed by atoms with Crippen LogP contribution in [0.2, 0.25) is 0 Å². The van der Waals surface area contributed by atoms with E-state index in [2.05, 4.69) is 9.98 Å². The lowest BCUT2D eigenvalue weighted by molar-refractivity contribution is 0.994. The molecule has 0 saturated carbocycles. The average Bonchev–Trinajstić information content (AvgIpc) is 2.30. The lowest BCUT2D eigenvalue weighted by Gasteiger charge is -2.00. The van der Waals surface area contributed by atoms with Gasteiger partial charge in [0.05, 0.1) is 5.69 Å². The molecule has 0 unspecified atom stereocenters. The zero-order valence-electron chi connectivity index (χ0n) is 8.97. The first-order valence-electron chi connectivity index (χ1n) is 5.01. The van der Waals surface area contributed by atoms with E-state index in [1.807, 2.05) is 30.0 Å². The van der Waals surface area contributed by atoms with E-state index in [0.29, 0.717) is 12.3 Å². The van der Waals surface area contributed by atoms with Crippen LogP contribution in [0.4, 0.5) is 0 Å². The van der Waals surface area contributed by atoms with E-state index >= 15 is 0 Å². The van der Waals surface area contributed by atoms with Crippen LogP contribution in [0.3, 0.4) is 0 Å². The van der Waals surface area contributed by atoms with Gasteiger partial charge in [-0.1, -0.05) is 6.07 Å². The Morgan fingerprint density at radius 2 is 2.44 bits per heavy atom. The second-order valence-corrected chi connectivity index (χ2v) is 4.29. The van der Waals surface area contributed by atoms with Crippen LogP contribution < -0.4 is 5.73 Å². The smallest absolute Gasteiger partial charge is 0.207 e. The number of hydrogen-bond acceptors (Lipinski definition) is 4. The maximum absolute atomic E-state index is 8.26. The van der Waals surface area contributed by atoms with Crippen molar-refractivity contribution < 1.29 is 0 Å². The highest BCUT2D eigenvalue weighted by Crippen LogP contribution is 2.11. The number of nitrogens with zero attached hydrogens (tertiary/aromatic N) is 3. The van der Waals surface area contributed by atoms with E-state index in [1.54, 1.807) is 12.4 Å². The van der Waals surface area contributed by atoms with Crippen molar-refractivity contribution in [2.24, 2.45) is 10.7 Å². The Balaban J connectivity index is 2.09. The molecule has 0 aliphatic heterocycles. The summed E-state index contributed by atoms with van der Waals surface area (Å²) in [6, 6.07) is 5.91. The predicted octanol–water partition coefficient (Wildman–Crippen LogP) is 1.93. The zero-order chi connectivity index (χ0) is 11.6. The Labute approximate surface area is 99.6 Å². The molecule has 84 valence electrons. The quantitative estimate of drug-likeness (QED) is 0.353. The van der Waals surface area contributed by atoms with Crippen LogP contribution in [0.5, 0.6) is 0 Å². The summed E-state index contributed by atoms with van der Waals surface area (Å²) in [4.78, 5) is 7.69. The molecular formula is C11H14N4S. The first-order valence-corrected chi connectivity index (χ1v) is 6.17. The lowest BCUT2D eigenvalue weighted by atomic mass is 10.3. The number of amidine groups is 1. The van der Waals surface area contributed by atoms with Crippen LogP contribution in [0.1, 0.15) is 18.5 Å². The molecule has 0 bridgehead atoms. The lowest BCUT2D eigenvalue weighted by Crippen LogP contribution is -2.10. The van der Waals surface area contributed by atoms with Crippen molar-refractivity contribution in [3.8, 4) is 6.19 Å². The minimum absolute atomic E-state index is 0.418. The fourth-order valence-corrected chi connectivity index (χ4v) is 2.01. The Morgan fingerprint density at radius 1 is 1.56 bits per heavy atom. The third-order valence-electron chi connectivity index (χ3n) is 1.89. The SMILES string of the molecule is N#CN=C(N)CCCSCc1ccccn1. The van der Waals surface area contributed by atoms with Gasteiger partial charge in [-0.3, -0.25) is 4.98 Å². The fourth-order valence-electron chi connectivity index (χ4n) is 1.14. The highest BCUT2D eigenvalue weighted by molar-refractivity contribution is 7.98. The van der Waals surface area contributed by atoms with Crippen molar-refractivity contribution in [2.45, 2.75) is 18.6 Å². The Morgan fingerprint density at radius 3 is 3.12 bits per heavy atom. The Kier molecular flexibility index (Phi) is 6.04. The van der Waals surface area contributed by atoms with Crippen LogP contribution in [0.15, 0.2) is 29.4 Å². The molecule has 4 nitrogen and oxygen atoms in total. The molecule has 0 atom stereocenters. The van der Waals surface area contributed by atoms with Crippen molar-refractivity contribution in [3.05, 3.63) is 30.1 Å². The number of rotatable bonds is 6. The zero-order valence-corrected chi connectivity index (χ0v) is 9.78. The molecule has 0 aliphatic rings. The highest BCUT2D eigenvalue weighted by Gasteiger charge is 1.96. The minimum Gasteiger partial charge on any atom is -0.386 e. The first-order chi connectivity index (χ1) is 7.83. The maximum atomic E-state index is 8.26. The summed E-state index contributed by atoms with van der Waals surface area (Å²) < 4.78 is 0. The molecule has 0 radical (unpaired) electrons. The molecule has 2 N–H and O–H groups in total. The van der Waals surface area contributed by atoms with Gasteiger partial charge in [0.25, 0.3) is 0 Å². The summed E-state index contributed by atoms with van der Waals surface area (Å²) >= 11 is 1.81. The van der Waals surface area contributed by atoms with E-state index in [9.17, 15) is 0 Å². The van der Waals surface area contributed by atoms with Crippen LogP contribution >= 0.6 is 11.8 Å². The molecule has 0 aromatic carbocycles. The van der Waals surface area contributed by atoms with Gasteiger partial charge < -0.3 is 5.73 Å². The van der Waals surface area contributed by atoms with Crippen molar-refractivity contribution in [3.63, 3.8) is 0 Å². The summed E-state index contributed by atoms with van der Waals surface area (Å²) in [5.41, 5.74) is 6.57. The van der Waals surface area contributed by atoms with Gasteiger partial charge in [-0.2, -0.15) is 22.0 Å².